The number of nitrogens with zero attached hydrogens (tertiary/aromatic N) is 4. The van der Waals surface area contributed by atoms with Crippen molar-refractivity contribution >= 4 is 17.3 Å². The normalized spacial score (nSPS) is 15.8. The molecule has 0 amide bonds. The van der Waals surface area contributed by atoms with Gasteiger partial charge in [0.2, 0.25) is 0 Å². The lowest BCUT2D eigenvalue weighted by molar-refractivity contribution is 0.270. The van der Waals surface area contributed by atoms with E-state index in [1.54, 1.807) is 6.33 Å². The molecule has 0 spiro atoms. The summed E-state index contributed by atoms with van der Waals surface area (Å²) in [7, 11) is 0. The highest BCUT2D eigenvalue weighted by Gasteiger charge is 2.17. The van der Waals surface area contributed by atoms with Crippen molar-refractivity contribution in [1.29, 1.82) is 0 Å². The third kappa shape index (κ3) is 3.36. The number of nitrogens with one attached hydrogen (secondary N) is 1. The highest BCUT2D eigenvalue weighted by Crippen LogP contribution is 2.21. The number of hydrogen-bond acceptors (Lipinski definition) is 5. The molecule has 1 aromatic carbocycles. The lowest BCUT2D eigenvalue weighted by Crippen LogP contribution is -2.46. The summed E-state index contributed by atoms with van der Waals surface area (Å²) in [6.07, 6.45) is 1.64. The monoisotopic (exact) mass is 297 g/mol. The van der Waals surface area contributed by atoms with Crippen LogP contribution in [0.5, 0.6) is 0 Å². The molecule has 0 aliphatic carbocycles. The van der Waals surface area contributed by atoms with Crippen LogP contribution in [0.25, 0.3) is 0 Å². The SMILES string of the molecule is CCN1CCN(c2cc(Nc3ccccc3C)ncn2)CC1. The first-order valence-electron chi connectivity index (χ1n) is 7.88. The molecule has 22 heavy (non-hydrogen) atoms. The highest BCUT2D eigenvalue weighted by atomic mass is 15.3. The molecule has 1 N–H and O–H groups in total. The maximum atomic E-state index is 4.43. The Morgan fingerprint density at radius 2 is 1.86 bits per heavy atom. The van der Waals surface area contributed by atoms with Crippen LogP contribution in [0.3, 0.4) is 0 Å². The van der Waals surface area contributed by atoms with Crippen molar-refractivity contribution < 1.29 is 0 Å². The van der Waals surface area contributed by atoms with Crippen LogP contribution in [0.2, 0.25) is 0 Å². The summed E-state index contributed by atoms with van der Waals surface area (Å²) in [4.78, 5) is 13.6. The van der Waals surface area contributed by atoms with Crippen molar-refractivity contribution in [3.05, 3.63) is 42.2 Å². The van der Waals surface area contributed by atoms with Gasteiger partial charge in [-0.05, 0) is 25.1 Å². The molecule has 5 nitrogen and oxygen atoms in total. The standard InChI is InChI=1S/C17H23N5/c1-3-21-8-10-22(11-9-21)17-12-16(18-13-19-17)20-15-7-5-4-6-14(15)2/h4-7,12-13H,3,8-11H2,1-2H3,(H,18,19,20). The van der Waals surface area contributed by atoms with Crippen molar-refractivity contribution in [1.82, 2.24) is 14.9 Å². The lowest BCUT2D eigenvalue weighted by Gasteiger charge is -2.34. The third-order valence-corrected chi connectivity index (χ3v) is 4.20. The van der Waals surface area contributed by atoms with Gasteiger partial charge in [-0.25, -0.2) is 9.97 Å². The van der Waals surface area contributed by atoms with E-state index in [-0.39, 0.29) is 0 Å². The van der Waals surface area contributed by atoms with Crippen molar-refractivity contribution in [2.45, 2.75) is 13.8 Å². The van der Waals surface area contributed by atoms with Crippen LogP contribution in [-0.4, -0.2) is 47.6 Å². The Labute approximate surface area is 132 Å². The molecule has 0 saturated carbocycles. The minimum Gasteiger partial charge on any atom is -0.354 e. The fraction of sp³-hybridized carbons (Fsp3) is 0.412. The Morgan fingerprint density at radius 3 is 2.59 bits per heavy atom. The van der Waals surface area contributed by atoms with Crippen LogP contribution in [0.4, 0.5) is 17.3 Å². The molecular formula is C17H23N5. The summed E-state index contributed by atoms with van der Waals surface area (Å²) in [5.74, 6) is 1.85. The lowest BCUT2D eigenvalue weighted by atomic mass is 10.2. The van der Waals surface area contributed by atoms with E-state index < -0.39 is 0 Å². The number of piperazine rings is 1. The topological polar surface area (TPSA) is 44.3 Å². The van der Waals surface area contributed by atoms with Gasteiger partial charge in [0.25, 0.3) is 0 Å². The van der Waals surface area contributed by atoms with Gasteiger partial charge < -0.3 is 15.1 Å². The molecule has 0 atom stereocenters. The molecule has 1 aliphatic heterocycles. The number of aromatic nitrogens is 2. The summed E-state index contributed by atoms with van der Waals surface area (Å²) in [5.41, 5.74) is 2.29. The Balaban J connectivity index is 1.72. The number of para-hydroxylation sites is 1. The van der Waals surface area contributed by atoms with Gasteiger partial charge in [-0.1, -0.05) is 25.1 Å². The van der Waals surface area contributed by atoms with E-state index >= 15 is 0 Å². The molecule has 2 heterocycles. The summed E-state index contributed by atoms with van der Waals surface area (Å²) < 4.78 is 0. The van der Waals surface area contributed by atoms with Crippen LogP contribution >= 0.6 is 0 Å². The average molecular weight is 297 g/mol. The van der Waals surface area contributed by atoms with Crippen molar-refractivity contribution in [3.63, 3.8) is 0 Å². The predicted molar refractivity (Wildman–Crippen MR) is 90.8 cm³/mol. The number of hydrogen-bond donors (Lipinski definition) is 1. The van der Waals surface area contributed by atoms with E-state index in [0.29, 0.717) is 0 Å². The quantitative estimate of drug-likeness (QED) is 0.940. The number of anilines is 3. The minimum absolute atomic E-state index is 0.845. The summed E-state index contributed by atoms with van der Waals surface area (Å²) in [6, 6.07) is 10.3. The van der Waals surface area contributed by atoms with Crippen LogP contribution in [0.1, 0.15) is 12.5 Å². The summed E-state index contributed by atoms with van der Waals surface area (Å²) in [6.45, 7) is 9.67. The first-order chi connectivity index (χ1) is 10.8. The minimum atomic E-state index is 0.845. The van der Waals surface area contributed by atoms with E-state index in [0.717, 1.165) is 50.0 Å². The zero-order valence-corrected chi connectivity index (χ0v) is 13.3. The van der Waals surface area contributed by atoms with Crippen molar-refractivity contribution in [2.24, 2.45) is 0 Å². The van der Waals surface area contributed by atoms with Gasteiger partial charge in [-0.15, -0.1) is 0 Å². The van der Waals surface area contributed by atoms with Gasteiger partial charge in [-0.3, -0.25) is 0 Å². The fourth-order valence-electron chi connectivity index (χ4n) is 2.73. The van der Waals surface area contributed by atoms with Crippen molar-refractivity contribution in [2.75, 3.05) is 42.9 Å². The third-order valence-electron chi connectivity index (χ3n) is 4.20. The molecule has 1 aromatic heterocycles. The van der Waals surface area contributed by atoms with Gasteiger partial charge in [-0.2, -0.15) is 0 Å². The Bertz CT molecular complexity index is 620. The largest absolute Gasteiger partial charge is 0.354 e. The van der Waals surface area contributed by atoms with Crippen LogP contribution in [0, 0.1) is 6.92 Å². The molecular weight excluding hydrogens is 274 g/mol. The first kappa shape index (κ1) is 14.8. The molecule has 3 rings (SSSR count). The van der Waals surface area contributed by atoms with Crippen LogP contribution in [-0.2, 0) is 0 Å². The van der Waals surface area contributed by atoms with Crippen LogP contribution in [0.15, 0.2) is 36.7 Å². The highest BCUT2D eigenvalue weighted by molar-refractivity contribution is 5.62. The summed E-state index contributed by atoms with van der Waals surface area (Å²) in [5, 5.41) is 3.38. The zero-order chi connectivity index (χ0) is 15.4. The molecule has 0 unspecified atom stereocenters. The molecule has 116 valence electrons. The van der Waals surface area contributed by atoms with E-state index in [2.05, 4.69) is 51.1 Å². The number of likely N-dealkylation sites (N-methyl/N-ethyl adjacent to an activating group) is 1. The Morgan fingerprint density at radius 1 is 1.09 bits per heavy atom. The molecule has 1 aliphatic rings. The first-order valence-corrected chi connectivity index (χ1v) is 7.88. The Hall–Kier alpha value is -2.14. The predicted octanol–water partition coefficient (Wildman–Crippen LogP) is 2.67. The van der Waals surface area contributed by atoms with Gasteiger partial charge in [0.15, 0.2) is 0 Å². The van der Waals surface area contributed by atoms with E-state index in [9.17, 15) is 0 Å². The van der Waals surface area contributed by atoms with Crippen molar-refractivity contribution in [3.8, 4) is 0 Å². The smallest absolute Gasteiger partial charge is 0.135 e. The molecule has 1 fully saturated rings. The fourth-order valence-corrected chi connectivity index (χ4v) is 2.73. The molecule has 5 heteroatoms. The second-order valence-electron chi connectivity index (χ2n) is 5.62. The maximum absolute atomic E-state index is 4.43. The number of benzene rings is 1. The van der Waals surface area contributed by atoms with Crippen LogP contribution < -0.4 is 10.2 Å². The second kappa shape index (κ2) is 6.75. The van der Waals surface area contributed by atoms with E-state index in [1.165, 1.54) is 5.56 Å². The Kier molecular flexibility index (Phi) is 4.53. The molecule has 0 bridgehead atoms. The zero-order valence-electron chi connectivity index (χ0n) is 13.3. The number of aryl methyl sites for hydroxylation is 1. The van der Waals surface area contributed by atoms with Gasteiger partial charge >= 0.3 is 0 Å². The molecule has 0 radical (unpaired) electrons. The average Bonchev–Trinajstić information content (AvgIpc) is 2.57. The van der Waals surface area contributed by atoms with Gasteiger partial charge in [0.1, 0.15) is 18.0 Å². The second-order valence-corrected chi connectivity index (χ2v) is 5.62. The molecule has 2 aromatic rings. The van der Waals surface area contributed by atoms with Gasteiger partial charge in [0, 0.05) is 37.9 Å². The van der Waals surface area contributed by atoms with E-state index in [4.69, 9.17) is 0 Å². The molecule has 1 saturated heterocycles. The maximum Gasteiger partial charge on any atom is 0.135 e. The van der Waals surface area contributed by atoms with Gasteiger partial charge in [0.05, 0.1) is 0 Å². The number of rotatable bonds is 4. The van der Waals surface area contributed by atoms with E-state index in [1.807, 2.05) is 18.2 Å². The summed E-state index contributed by atoms with van der Waals surface area (Å²) >= 11 is 0.